The van der Waals surface area contributed by atoms with E-state index in [2.05, 4.69) is 37.3 Å². The number of anilines is 1. The molecule has 2 aromatic rings. The van der Waals surface area contributed by atoms with Crippen molar-refractivity contribution < 1.29 is 0 Å². The van der Waals surface area contributed by atoms with Crippen LogP contribution in [0.4, 0.5) is 5.95 Å². The summed E-state index contributed by atoms with van der Waals surface area (Å²) in [5.41, 5.74) is 2.27. The van der Waals surface area contributed by atoms with Gasteiger partial charge in [0, 0.05) is 55.9 Å². The molecule has 1 unspecified atom stereocenters. The molecule has 1 N–H and O–H groups in total. The number of likely N-dealkylation sites (tertiary alicyclic amines) is 1. The smallest absolute Gasteiger partial charge is 0.222 e. The molecule has 0 aromatic carbocycles. The third kappa shape index (κ3) is 3.98. The number of aryl methyl sites for hydroxylation is 1. The number of rotatable bonds is 5. The van der Waals surface area contributed by atoms with Gasteiger partial charge in [0.1, 0.15) is 0 Å². The Hall–Kier alpha value is -2.01. The van der Waals surface area contributed by atoms with Crippen LogP contribution in [0.15, 0.2) is 36.7 Å². The number of nitrogens with zero attached hydrogens (tertiary/aromatic N) is 4. The van der Waals surface area contributed by atoms with Crippen LogP contribution < -0.4 is 5.32 Å². The standard InChI is InChI=1S/C16H21N5/c1-13-4-2-5-14(19-13)6-10-21-11-7-15(12-21)20-16-17-8-3-9-18-16/h2-5,8-9,15H,6-7,10-12H2,1H3,(H,17,18,20). The minimum atomic E-state index is 0.442. The highest BCUT2D eigenvalue weighted by molar-refractivity contribution is 5.25. The van der Waals surface area contributed by atoms with E-state index in [0.29, 0.717) is 6.04 Å². The van der Waals surface area contributed by atoms with E-state index in [4.69, 9.17) is 0 Å². The predicted molar refractivity (Wildman–Crippen MR) is 83.2 cm³/mol. The van der Waals surface area contributed by atoms with Crippen molar-refractivity contribution in [2.75, 3.05) is 25.0 Å². The van der Waals surface area contributed by atoms with Crippen LogP contribution in [0.5, 0.6) is 0 Å². The van der Waals surface area contributed by atoms with Gasteiger partial charge in [-0.1, -0.05) is 6.07 Å². The van der Waals surface area contributed by atoms with Gasteiger partial charge in [-0.3, -0.25) is 4.98 Å². The lowest BCUT2D eigenvalue weighted by molar-refractivity contribution is 0.339. The highest BCUT2D eigenvalue weighted by atomic mass is 15.2. The fourth-order valence-electron chi connectivity index (χ4n) is 2.72. The molecule has 1 aliphatic rings. The van der Waals surface area contributed by atoms with Gasteiger partial charge < -0.3 is 10.2 Å². The summed E-state index contributed by atoms with van der Waals surface area (Å²) in [4.78, 5) is 15.5. The zero-order valence-corrected chi connectivity index (χ0v) is 12.4. The van der Waals surface area contributed by atoms with Crippen LogP contribution in [0.3, 0.4) is 0 Å². The second-order valence-corrected chi connectivity index (χ2v) is 5.52. The summed E-state index contributed by atoms with van der Waals surface area (Å²) in [7, 11) is 0. The molecular formula is C16H21N5. The normalized spacial score (nSPS) is 18.8. The fraction of sp³-hybridized carbons (Fsp3) is 0.438. The van der Waals surface area contributed by atoms with Crippen LogP contribution in [-0.4, -0.2) is 45.5 Å². The first-order valence-corrected chi connectivity index (χ1v) is 7.48. The molecule has 5 heteroatoms. The number of hydrogen-bond acceptors (Lipinski definition) is 5. The largest absolute Gasteiger partial charge is 0.350 e. The fourth-order valence-corrected chi connectivity index (χ4v) is 2.72. The average Bonchev–Trinajstić information content (AvgIpc) is 2.94. The summed E-state index contributed by atoms with van der Waals surface area (Å²) in [6.45, 7) is 5.27. The van der Waals surface area contributed by atoms with E-state index >= 15 is 0 Å². The third-order valence-electron chi connectivity index (χ3n) is 3.80. The van der Waals surface area contributed by atoms with E-state index in [1.165, 1.54) is 5.69 Å². The Balaban J connectivity index is 1.46. The van der Waals surface area contributed by atoms with E-state index in [0.717, 1.165) is 44.1 Å². The second-order valence-electron chi connectivity index (χ2n) is 5.52. The molecule has 110 valence electrons. The van der Waals surface area contributed by atoms with Crippen LogP contribution >= 0.6 is 0 Å². The predicted octanol–water partition coefficient (Wildman–Crippen LogP) is 1.91. The number of pyridine rings is 1. The van der Waals surface area contributed by atoms with Crippen molar-refractivity contribution in [3.05, 3.63) is 48.0 Å². The molecule has 0 spiro atoms. The van der Waals surface area contributed by atoms with Crippen molar-refractivity contribution in [2.24, 2.45) is 0 Å². The Morgan fingerprint density at radius 2 is 2.10 bits per heavy atom. The van der Waals surface area contributed by atoms with Crippen LogP contribution in [0, 0.1) is 6.92 Å². The quantitative estimate of drug-likeness (QED) is 0.908. The number of hydrogen-bond donors (Lipinski definition) is 1. The molecule has 0 saturated carbocycles. The Morgan fingerprint density at radius 3 is 2.90 bits per heavy atom. The molecule has 1 saturated heterocycles. The maximum atomic E-state index is 4.56. The van der Waals surface area contributed by atoms with Gasteiger partial charge in [0.15, 0.2) is 0 Å². The lowest BCUT2D eigenvalue weighted by Crippen LogP contribution is -2.28. The minimum Gasteiger partial charge on any atom is -0.350 e. The Bertz CT molecular complexity index is 572. The zero-order chi connectivity index (χ0) is 14.5. The van der Waals surface area contributed by atoms with Gasteiger partial charge in [-0.25, -0.2) is 9.97 Å². The van der Waals surface area contributed by atoms with E-state index in [9.17, 15) is 0 Å². The van der Waals surface area contributed by atoms with Crippen molar-refractivity contribution >= 4 is 5.95 Å². The van der Waals surface area contributed by atoms with Gasteiger partial charge >= 0.3 is 0 Å². The van der Waals surface area contributed by atoms with E-state index in [-0.39, 0.29) is 0 Å². The first-order valence-electron chi connectivity index (χ1n) is 7.48. The van der Waals surface area contributed by atoms with Crippen molar-refractivity contribution in [1.82, 2.24) is 19.9 Å². The molecule has 3 rings (SSSR count). The van der Waals surface area contributed by atoms with Gasteiger partial charge in [-0.15, -0.1) is 0 Å². The van der Waals surface area contributed by atoms with Crippen molar-refractivity contribution in [1.29, 1.82) is 0 Å². The summed E-state index contributed by atoms with van der Waals surface area (Å²) in [5, 5.41) is 3.40. The summed E-state index contributed by atoms with van der Waals surface area (Å²) >= 11 is 0. The van der Waals surface area contributed by atoms with Crippen LogP contribution in [0.1, 0.15) is 17.8 Å². The van der Waals surface area contributed by atoms with Crippen molar-refractivity contribution in [3.8, 4) is 0 Å². The molecule has 0 aliphatic carbocycles. The summed E-state index contributed by atoms with van der Waals surface area (Å²) in [5.74, 6) is 0.727. The second kappa shape index (κ2) is 6.63. The van der Waals surface area contributed by atoms with E-state index in [1.54, 1.807) is 12.4 Å². The highest BCUT2D eigenvalue weighted by Crippen LogP contribution is 2.13. The van der Waals surface area contributed by atoms with E-state index < -0.39 is 0 Å². The molecule has 2 aromatic heterocycles. The van der Waals surface area contributed by atoms with Crippen LogP contribution in [-0.2, 0) is 6.42 Å². The first kappa shape index (κ1) is 13.9. The summed E-state index contributed by atoms with van der Waals surface area (Å²) < 4.78 is 0. The van der Waals surface area contributed by atoms with E-state index in [1.807, 2.05) is 19.1 Å². The molecule has 3 heterocycles. The lowest BCUT2D eigenvalue weighted by Gasteiger charge is -2.16. The van der Waals surface area contributed by atoms with Crippen molar-refractivity contribution in [3.63, 3.8) is 0 Å². The maximum Gasteiger partial charge on any atom is 0.222 e. The summed E-state index contributed by atoms with van der Waals surface area (Å²) in [6.07, 6.45) is 5.69. The lowest BCUT2D eigenvalue weighted by atomic mass is 10.2. The van der Waals surface area contributed by atoms with Gasteiger partial charge in [0.05, 0.1) is 0 Å². The van der Waals surface area contributed by atoms with Crippen LogP contribution in [0.25, 0.3) is 0 Å². The highest BCUT2D eigenvalue weighted by Gasteiger charge is 2.22. The molecule has 21 heavy (non-hydrogen) atoms. The van der Waals surface area contributed by atoms with Gasteiger partial charge in [-0.2, -0.15) is 0 Å². The molecule has 1 atom stereocenters. The molecule has 1 fully saturated rings. The zero-order valence-electron chi connectivity index (χ0n) is 12.4. The molecular weight excluding hydrogens is 262 g/mol. The van der Waals surface area contributed by atoms with Crippen LogP contribution in [0.2, 0.25) is 0 Å². The third-order valence-corrected chi connectivity index (χ3v) is 3.80. The maximum absolute atomic E-state index is 4.56. The van der Waals surface area contributed by atoms with Gasteiger partial charge in [-0.05, 0) is 31.5 Å². The number of aromatic nitrogens is 3. The average molecular weight is 283 g/mol. The van der Waals surface area contributed by atoms with Gasteiger partial charge in [0.2, 0.25) is 5.95 Å². The number of nitrogens with one attached hydrogen (secondary N) is 1. The molecule has 1 aliphatic heterocycles. The molecule has 0 radical (unpaired) electrons. The Kier molecular flexibility index (Phi) is 4.40. The molecule has 0 amide bonds. The first-order chi connectivity index (χ1) is 10.3. The van der Waals surface area contributed by atoms with Gasteiger partial charge in [0.25, 0.3) is 0 Å². The minimum absolute atomic E-state index is 0.442. The molecule has 5 nitrogen and oxygen atoms in total. The Morgan fingerprint density at radius 1 is 1.24 bits per heavy atom. The molecule has 0 bridgehead atoms. The monoisotopic (exact) mass is 283 g/mol. The topological polar surface area (TPSA) is 53.9 Å². The SMILES string of the molecule is Cc1cccc(CCN2CCC(Nc3ncccn3)C2)n1. The summed E-state index contributed by atoms with van der Waals surface area (Å²) in [6, 6.07) is 8.51. The van der Waals surface area contributed by atoms with Crippen molar-refractivity contribution in [2.45, 2.75) is 25.8 Å². The Labute approximate surface area is 125 Å².